The highest BCUT2D eigenvalue weighted by molar-refractivity contribution is 14.1. The minimum atomic E-state index is -0.120. The molecule has 27 heavy (non-hydrogen) atoms. The first-order chi connectivity index (χ1) is 13.0. The average molecular weight is 549 g/mol. The zero-order valence-electron chi connectivity index (χ0n) is 14.3. The van der Waals surface area contributed by atoms with Crippen molar-refractivity contribution in [3.8, 4) is 10.6 Å². The number of halogens is 2. The number of carbonyl (C=O) groups is 1. The molecule has 0 bridgehead atoms. The number of nitrogens with one attached hydrogen (secondary N) is 1. The lowest BCUT2D eigenvalue weighted by Crippen LogP contribution is -2.14. The van der Waals surface area contributed by atoms with Crippen LogP contribution in [0.15, 0.2) is 65.1 Å². The van der Waals surface area contributed by atoms with E-state index < -0.39 is 0 Å². The fourth-order valence-corrected chi connectivity index (χ4v) is 4.65. The van der Waals surface area contributed by atoms with Crippen molar-refractivity contribution < 1.29 is 4.79 Å². The number of carbonyl (C=O) groups excluding carboxylic acids is 1. The minimum Gasteiger partial charge on any atom is -0.322 e. The van der Waals surface area contributed by atoms with Crippen molar-refractivity contribution >= 4 is 71.7 Å². The van der Waals surface area contributed by atoms with Crippen molar-refractivity contribution in [2.24, 2.45) is 0 Å². The van der Waals surface area contributed by atoms with Crippen LogP contribution < -0.4 is 5.32 Å². The topological polar surface area (TPSA) is 42.0 Å². The molecule has 0 radical (unpaired) electrons. The summed E-state index contributed by atoms with van der Waals surface area (Å²) in [6.07, 6.45) is 0. The van der Waals surface area contributed by atoms with Gasteiger partial charge in [0.25, 0.3) is 5.91 Å². The molecule has 1 aromatic heterocycles. The van der Waals surface area contributed by atoms with Crippen LogP contribution in [0.2, 0.25) is 0 Å². The fourth-order valence-electron chi connectivity index (χ4n) is 2.75. The Labute approximate surface area is 183 Å². The van der Waals surface area contributed by atoms with Gasteiger partial charge in [-0.3, -0.25) is 4.79 Å². The van der Waals surface area contributed by atoms with Gasteiger partial charge in [-0.05, 0) is 71.5 Å². The molecule has 1 heterocycles. The van der Waals surface area contributed by atoms with Crippen LogP contribution in [0.5, 0.6) is 0 Å². The molecule has 0 saturated heterocycles. The lowest BCUT2D eigenvalue weighted by atomic mass is 10.1. The van der Waals surface area contributed by atoms with E-state index in [2.05, 4.69) is 49.9 Å². The molecule has 0 unspecified atom stereocenters. The summed E-state index contributed by atoms with van der Waals surface area (Å²) in [5.41, 5.74) is 4.45. The molecule has 1 N–H and O–H groups in total. The maximum absolute atomic E-state index is 12.8. The number of nitrogens with zero attached hydrogens (tertiary/aromatic N) is 1. The predicted octanol–water partition coefficient (Wildman–Crippen LogP) is 6.89. The van der Waals surface area contributed by atoms with Crippen molar-refractivity contribution in [2.75, 3.05) is 5.32 Å². The third kappa shape index (κ3) is 3.93. The van der Waals surface area contributed by atoms with Gasteiger partial charge in [0, 0.05) is 19.3 Å². The first-order valence-corrected chi connectivity index (χ1v) is 10.9. The Hall–Kier alpha value is -1.77. The van der Waals surface area contributed by atoms with Gasteiger partial charge in [-0.15, -0.1) is 11.3 Å². The molecular weight excluding hydrogens is 535 g/mol. The molecule has 0 atom stereocenters. The minimum absolute atomic E-state index is 0.120. The van der Waals surface area contributed by atoms with E-state index in [0.29, 0.717) is 5.56 Å². The third-order valence-corrected chi connectivity index (χ3v) is 6.72. The average Bonchev–Trinajstić information content (AvgIpc) is 3.09. The highest BCUT2D eigenvalue weighted by Crippen LogP contribution is 2.32. The van der Waals surface area contributed by atoms with E-state index >= 15 is 0 Å². The van der Waals surface area contributed by atoms with Gasteiger partial charge in [0.2, 0.25) is 0 Å². The van der Waals surface area contributed by atoms with E-state index in [-0.39, 0.29) is 5.91 Å². The van der Waals surface area contributed by atoms with Crippen LogP contribution in [0, 0.1) is 10.5 Å². The Kier molecular flexibility index (Phi) is 5.29. The third-order valence-electron chi connectivity index (χ3n) is 4.20. The smallest absolute Gasteiger partial charge is 0.256 e. The SMILES string of the molecule is Cc1ccc(-c2nc3ccccc3s2)cc1NC(=O)c1cc(Br)ccc1I. The van der Waals surface area contributed by atoms with Crippen LogP contribution in [0.25, 0.3) is 20.8 Å². The van der Waals surface area contributed by atoms with E-state index in [0.717, 1.165) is 40.1 Å². The fraction of sp³-hybridized carbons (Fsp3) is 0.0476. The lowest BCUT2D eigenvalue weighted by Gasteiger charge is -2.11. The van der Waals surface area contributed by atoms with Gasteiger partial charge < -0.3 is 5.32 Å². The summed E-state index contributed by atoms with van der Waals surface area (Å²) in [5, 5.41) is 4.00. The zero-order valence-corrected chi connectivity index (χ0v) is 18.9. The summed E-state index contributed by atoms with van der Waals surface area (Å²) < 4.78 is 2.95. The monoisotopic (exact) mass is 548 g/mol. The van der Waals surface area contributed by atoms with Gasteiger partial charge in [-0.25, -0.2) is 4.98 Å². The molecule has 4 rings (SSSR count). The zero-order chi connectivity index (χ0) is 19.0. The summed E-state index contributed by atoms with van der Waals surface area (Å²) in [6, 6.07) is 19.8. The van der Waals surface area contributed by atoms with Gasteiger partial charge >= 0.3 is 0 Å². The number of aryl methyl sites for hydroxylation is 1. The highest BCUT2D eigenvalue weighted by Gasteiger charge is 2.14. The van der Waals surface area contributed by atoms with Crippen molar-refractivity contribution in [3.63, 3.8) is 0 Å². The molecule has 0 aliphatic heterocycles. The van der Waals surface area contributed by atoms with Gasteiger partial charge in [0.15, 0.2) is 0 Å². The highest BCUT2D eigenvalue weighted by atomic mass is 127. The Balaban J connectivity index is 1.68. The maximum Gasteiger partial charge on any atom is 0.256 e. The second kappa shape index (κ2) is 7.69. The summed E-state index contributed by atoms with van der Waals surface area (Å²) in [5.74, 6) is -0.120. The van der Waals surface area contributed by atoms with E-state index in [1.165, 1.54) is 0 Å². The molecule has 0 fully saturated rings. The number of hydrogen-bond donors (Lipinski definition) is 1. The maximum atomic E-state index is 12.8. The second-order valence-electron chi connectivity index (χ2n) is 6.09. The molecule has 134 valence electrons. The number of thiazole rings is 1. The molecule has 1 amide bonds. The van der Waals surface area contributed by atoms with Gasteiger partial charge in [0.05, 0.1) is 15.8 Å². The van der Waals surface area contributed by atoms with Crippen molar-refractivity contribution in [1.82, 2.24) is 4.98 Å². The van der Waals surface area contributed by atoms with E-state index in [9.17, 15) is 4.79 Å². The Morgan fingerprint density at radius 3 is 2.74 bits per heavy atom. The number of aromatic nitrogens is 1. The molecule has 0 aliphatic rings. The van der Waals surface area contributed by atoms with Crippen LogP contribution >= 0.6 is 49.9 Å². The van der Waals surface area contributed by atoms with Crippen molar-refractivity contribution in [1.29, 1.82) is 0 Å². The van der Waals surface area contributed by atoms with E-state index in [4.69, 9.17) is 4.98 Å². The number of amides is 1. The molecule has 0 spiro atoms. The van der Waals surface area contributed by atoms with Crippen LogP contribution in [-0.4, -0.2) is 10.9 Å². The van der Waals surface area contributed by atoms with E-state index in [1.54, 1.807) is 11.3 Å². The molecule has 3 nitrogen and oxygen atoms in total. The quantitative estimate of drug-likeness (QED) is 0.283. The number of anilines is 1. The van der Waals surface area contributed by atoms with Crippen molar-refractivity contribution in [3.05, 3.63) is 79.8 Å². The Morgan fingerprint density at radius 2 is 1.93 bits per heavy atom. The molecule has 3 aromatic carbocycles. The largest absolute Gasteiger partial charge is 0.322 e. The van der Waals surface area contributed by atoms with Gasteiger partial charge in [-0.2, -0.15) is 0 Å². The molecule has 4 aromatic rings. The molecule has 6 heteroatoms. The van der Waals surface area contributed by atoms with Crippen LogP contribution in [0.1, 0.15) is 15.9 Å². The standard InChI is InChI=1S/C21H14BrIN2OS/c1-12-6-7-13(21-25-17-4-2-3-5-19(17)27-21)10-18(12)24-20(26)15-11-14(22)8-9-16(15)23/h2-11H,1H3,(H,24,26). The summed E-state index contributed by atoms with van der Waals surface area (Å²) in [4.78, 5) is 17.5. The molecule has 0 saturated carbocycles. The molecule has 0 aliphatic carbocycles. The summed E-state index contributed by atoms with van der Waals surface area (Å²) in [6.45, 7) is 1.99. The Bertz CT molecular complexity index is 1140. The van der Waals surface area contributed by atoms with Crippen molar-refractivity contribution in [2.45, 2.75) is 6.92 Å². The first-order valence-electron chi connectivity index (χ1n) is 8.24. The van der Waals surface area contributed by atoms with Gasteiger partial charge in [-0.1, -0.05) is 40.2 Å². The van der Waals surface area contributed by atoms with Crippen LogP contribution in [0.3, 0.4) is 0 Å². The number of rotatable bonds is 3. The lowest BCUT2D eigenvalue weighted by molar-refractivity contribution is 0.102. The Morgan fingerprint density at radius 1 is 1.11 bits per heavy atom. The normalized spacial score (nSPS) is 10.9. The number of hydrogen-bond acceptors (Lipinski definition) is 3. The van der Waals surface area contributed by atoms with Gasteiger partial charge in [0.1, 0.15) is 5.01 Å². The number of benzene rings is 3. The number of fused-ring (bicyclic) bond motifs is 1. The first kappa shape index (κ1) is 18.6. The van der Waals surface area contributed by atoms with E-state index in [1.807, 2.05) is 61.5 Å². The van der Waals surface area contributed by atoms with Crippen LogP contribution in [-0.2, 0) is 0 Å². The van der Waals surface area contributed by atoms with Crippen LogP contribution in [0.4, 0.5) is 5.69 Å². The number of para-hydroxylation sites is 1. The summed E-state index contributed by atoms with van der Waals surface area (Å²) >= 11 is 7.26. The predicted molar refractivity (Wildman–Crippen MR) is 125 cm³/mol. The molecular formula is C21H14BrIN2OS. The second-order valence-corrected chi connectivity index (χ2v) is 9.20. The summed E-state index contributed by atoms with van der Waals surface area (Å²) in [7, 11) is 0.